The third-order valence-corrected chi connectivity index (χ3v) is 4.17. The van der Waals surface area contributed by atoms with Crippen LogP contribution in [0.15, 0.2) is 45.9 Å². The first kappa shape index (κ1) is 14.0. The number of aromatic nitrogens is 4. The molecule has 0 amide bonds. The van der Waals surface area contributed by atoms with Crippen molar-refractivity contribution in [1.29, 1.82) is 0 Å². The predicted molar refractivity (Wildman–Crippen MR) is 85.2 cm³/mol. The zero-order valence-corrected chi connectivity index (χ0v) is 13.3. The highest BCUT2D eigenvalue weighted by Gasteiger charge is 2.09. The summed E-state index contributed by atoms with van der Waals surface area (Å²) in [6, 6.07) is 6.84. The van der Waals surface area contributed by atoms with E-state index in [0.29, 0.717) is 16.5 Å². The molecule has 2 aromatic heterocycles. The predicted octanol–water partition coefficient (Wildman–Crippen LogP) is 3.25. The summed E-state index contributed by atoms with van der Waals surface area (Å²) in [6.45, 7) is 0. The highest BCUT2D eigenvalue weighted by molar-refractivity contribution is 9.10. The number of benzene rings is 1. The molecule has 0 radical (unpaired) electrons. The van der Waals surface area contributed by atoms with Crippen molar-refractivity contribution in [1.82, 2.24) is 19.7 Å². The normalized spacial score (nSPS) is 10.8. The fourth-order valence-electron chi connectivity index (χ4n) is 1.94. The molecule has 0 saturated heterocycles. The third-order valence-electron chi connectivity index (χ3n) is 2.94. The lowest BCUT2D eigenvalue weighted by Crippen LogP contribution is -2.08. The molecule has 3 aromatic rings. The Kier molecular flexibility index (Phi) is 3.65. The quantitative estimate of drug-likeness (QED) is 0.758. The summed E-state index contributed by atoms with van der Waals surface area (Å²) in [5.74, 6) is 0.468. The van der Waals surface area contributed by atoms with Gasteiger partial charge in [-0.2, -0.15) is 5.10 Å². The van der Waals surface area contributed by atoms with Crippen LogP contribution in [-0.2, 0) is 7.05 Å². The summed E-state index contributed by atoms with van der Waals surface area (Å²) in [5, 5.41) is 4.65. The van der Waals surface area contributed by atoms with Crippen LogP contribution in [0.3, 0.4) is 0 Å². The fourth-order valence-corrected chi connectivity index (χ4v) is 2.37. The summed E-state index contributed by atoms with van der Waals surface area (Å²) in [6.07, 6.45) is 3.47. The van der Waals surface area contributed by atoms with Crippen molar-refractivity contribution in [2.45, 2.75) is 0 Å². The smallest absolute Gasteiger partial charge is 0.251 e. The number of hydrogen-bond donors (Lipinski definition) is 1. The van der Waals surface area contributed by atoms with Gasteiger partial charge in [0, 0.05) is 34.9 Å². The van der Waals surface area contributed by atoms with E-state index in [1.165, 1.54) is 6.07 Å². The number of nitrogens with one attached hydrogen (secondary N) is 1. The Balaban J connectivity index is 2.13. The van der Waals surface area contributed by atoms with Gasteiger partial charge in [0.15, 0.2) is 0 Å². The van der Waals surface area contributed by atoms with Crippen molar-refractivity contribution in [2.75, 3.05) is 0 Å². The summed E-state index contributed by atoms with van der Waals surface area (Å²) in [4.78, 5) is 19.0. The van der Waals surface area contributed by atoms with Gasteiger partial charge >= 0.3 is 0 Å². The lowest BCUT2D eigenvalue weighted by atomic mass is 10.2. The second-order valence-electron chi connectivity index (χ2n) is 4.51. The molecule has 0 unspecified atom stereocenters. The van der Waals surface area contributed by atoms with E-state index < -0.39 is 0 Å². The van der Waals surface area contributed by atoms with E-state index in [2.05, 4.69) is 31.0 Å². The summed E-state index contributed by atoms with van der Waals surface area (Å²) >= 11 is 9.42. The molecule has 7 heteroatoms. The van der Waals surface area contributed by atoms with Gasteiger partial charge in [0.25, 0.3) is 5.56 Å². The Morgan fingerprint density at radius 1 is 1.29 bits per heavy atom. The monoisotopic (exact) mass is 364 g/mol. The van der Waals surface area contributed by atoms with Gasteiger partial charge in [0.05, 0.1) is 16.9 Å². The number of aromatic amines is 1. The molecule has 21 heavy (non-hydrogen) atoms. The minimum atomic E-state index is -0.224. The van der Waals surface area contributed by atoms with Gasteiger partial charge in [-0.15, -0.1) is 0 Å². The SMILES string of the molecule is Cn1cc(-c2cc(=O)[nH]c(-c3ccc(Br)c(Cl)c3)n2)cn1. The molecule has 1 N–H and O–H groups in total. The van der Waals surface area contributed by atoms with Crippen molar-refractivity contribution in [2.24, 2.45) is 7.05 Å². The molecule has 0 aliphatic carbocycles. The van der Waals surface area contributed by atoms with Gasteiger partial charge < -0.3 is 4.98 Å². The second-order valence-corrected chi connectivity index (χ2v) is 5.77. The molecule has 0 bridgehead atoms. The molecule has 1 aromatic carbocycles. The fraction of sp³-hybridized carbons (Fsp3) is 0.0714. The van der Waals surface area contributed by atoms with E-state index in [0.717, 1.165) is 15.6 Å². The average Bonchev–Trinajstić information content (AvgIpc) is 2.88. The van der Waals surface area contributed by atoms with Crippen molar-refractivity contribution >= 4 is 27.5 Å². The Labute approximate surface area is 133 Å². The Morgan fingerprint density at radius 2 is 2.10 bits per heavy atom. The van der Waals surface area contributed by atoms with Gasteiger partial charge in [-0.25, -0.2) is 4.98 Å². The molecule has 2 heterocycles. The van der Waals surface area contributed by atoms with Crippen LogP contribution in [0, 0.1) is 0 Å². The maximum absolute atomic E-state index is 11.9. The number of aryl methyl sites for hydroxylation is 1. The molecular weight excluding hydrogens is 356 g/mol. The molecule has 0 saturated carbocycles. The van der Waals surface area contributed by atoms with Crippen LogP contribution in [0.25, 0.3) is 22.6 Å². The first-order chi connectivity index (χ1) is 10.0. The number of rotatable bonds is 2. The zero-order chi connectivity index (χ0) is 15.0. The molecular formula is C14H10BrClN4O. The third kappa shape index (κ3) is 2.91. The van der Waals surface area contributed by atoms with Crippen LogP contribution in [0.4, 0.5) is 0 Å². The summed E-state index contributed by atoms with van der Waals surface area (Å²) in [5.41, 5.74) is 1.87. The van der Waals surface area contributed by atoms with E-state index in [9.17, 15) is 4.79 Å². The minimum Gasteiger partial charge on any atom is -0.306 e. The lowest BCUT2D eigenvalue weighted by molar-refractivity contribution is 0.768. The molecule has 106 valence electrons. The zero-order valence-electron chi connectivity index (χ0n) is 11.0. The maximum Gasteiger partial charge on any atom is 0.251 e. The molecule has 0 fully saturated rings. The van der Waals surface area contributed by atoms with Crippen molar-refractivity contribution in [3.8, 4) is 22.6 Å². The van der Waals surface area contributed by atoms with Gasteiger partial charge in [0.1, 0.15) is 5.82 Å². The average molecular weight is 366 g/mol. The van der Waals surface area contributed by atoms with Gasteiger partial charge in [-0.1, -0.05) is 17.7 Å². The topological polar surface area (TPSA) is 63.6 Å². The number of nitrogens with zero attached hydrogens (tertiary/aromatic N) is 3. The number of hydrogen-bond acceptors (Lipinski definition) is 3. The van der Waals surface area contributed by atoms with Crippen molar-refractivity contribution in [3.05, 3.63) is 56.5 Å². The van der Waals surface area contributed by atoms with Crippen molar-refractivity contribution < 1.29 is 0 Å². The largest absolute Gasteiger partial charge is 0.306 e. The van der Waals surface area contributed by atoms with Crippen LogP contribution < -0.4 is 5.56 Å². The summed E-state index contributed by atoms with van der Waals surface area (Å²) in [7, 11) is 1.81. The number of halogens is 2. The number of H-pyrrole nitrogens is 1. The van der Waals surface area contributed by atoms with E-state index >= 15 is 0 Å². The Hall–Kier alpha value is -1.92. The first-order valence-corrected chi connectivity index (χ1v) is 7.26. The molecule has 3 rings (SSSR count). The lowest BCUT2D eigenvalue weighted by Gasteiger charge is -2.04. The second kappa shape index (κ2) is 5.46. The van der Waals surface area contributed by atoms with Gasteiger partial charge in [-0.3, -0.25) is 9.48 Å². The van der Waals surface area contributed by atoms with E-state index in [-0.39, 0.29) is 5.56 Å². The van der Waals surface area contributed by atoms with E-state index in [1.54, 1.807) is 23.1 Å². The van der Waals surface area contributed by atoms with E-state index in [4.69, 9.17) is 11.6 Å². The van der Waals surface area contributed by atoms with Crippen LogP contribution in [0.1, 0.15) is 0 Å². The van der Waals surface area contributed by atoms with E-state index in [1.807, 2.05) is 19.2 Å². The van der Waals surface area contributed by atoms with Crippen LogP contribution >= 0.6 is 27.5 Å². The highest BCUT2D eigenvalue weighted by Crippen LogP contribution is 2.27. The molecule has 0 atom stereocenters. The molecule has 5 nitrogen and oxygen atoms in total. The van der Waals surface area contributed by atoms with Crippen molar-refractivity contribution in [3.63, 3.8) is 0 Å². The van der Waals surface area contributed by atoms with Gasteiger partial charge in [-0.05, 0) is 28.1 Å². The molecule has 0 spiro atoms. The maximum atomic E-state index is 11.9. The standard InChI is InChI=1S/C14H10BrClN4O/c1-20-7-9(6-17-20)12-5-13(21)19-14(18-12)8-2-3-10(15)11(16)4-8/h2-7H,1H3,(H,18,19,21). The molecule has 0 aliphatic rings. The van der Waals surface area contributed by atoms with Crippen LogP contribution in [-0.4, -0.2) is 19.7 Å². The molecule has 0 aliphatic heterocycles. The summed E-state index contributed by atoms with van der Waals surface area (Å²) < 4.78 is 2.45. The van der Waals surface area contributed by atoms with Crippen LogP contribution in [0.2, 0.25) is 5.02 Å². The minimum absolute atomic E-state index is 0.224. The highest BCUT2D eigenvalue weighted by atomic mass is 79.9. The Bertz CT molecular complexity index is 871. The van der Waals surface area contributed by atoms with Gasteiger partial charge in [0.2, 0.25) is 0 Å². The van der Waals surface area contributed by atoms with Crippen LogP contribution in [0.5, 0.6) is 0 Å². The Morgan fingerprint density at radius 3 is 2.76 bits per heavy atom. The first-order valence-electron chi connectivity index (χ1n) is 6.09.